The first-order valence-corrected chi connectivity index (χ1v) is 11.4. The topological polar surface area (TPSA) is 140 Å². The third-order valence-electron chi connectivity index (χ3n) is 5.24. The second kappa shape index (κ2) is 7.41. The first-order chi connectivity index (χ1) is 15.3. The van der Waals surface area contributed by atoms with Crippen molar-refractivity contribution in [1.29, 1.82) is 0 Å². The Bertz CT molecular complexity index is 1430. The average molecular weight is 455 g/mol. The monoisotopic (exact) mass is 455 g/mol. The predicted octanol–water partition coefficient (Wildman–Crippen LogP) is 1.90. The number of nitrogens with two attached hydrogens (primary N) is 1. The van der Waals surface area contributed by atoms with Crippen LogP contribution in [0.15, 0.2) is 42.6 Å². The van der Waals surface area contributed by atoms with Gasteiger partial charge in [0.05, 0.1) is 17.7 Å². The Morgan fingerprint density at radius 2 is 1.97 bits per heavy atom. The van der Waals surface area contributed by atoms with Crippen molar-refractivity contribution < 1.29 is 17.9 Å². The molecule has 0 unspecified atom stereocenters. The molecule has 5 rings (SSSR count). The normalized spacial score (nSPS) is 15.5. The van der Waals surface area contributed by atoms with Crippen molar-refractivity contribution in [3.05, 3.63) is 54.0 Å². The van der Waals surface area contributed by atoms with Gasteiger partial charge in [0.1, 0.15) is 11.5 Å². The van der Waals surface area contributed by atoms with E-state index in [-0.39, 0.29) is 47.7 Å². The number of aromatic hydroxyl groups is 1. The molecule has 32 heavy (non-hydrogen) atoms. The number of halogens is 1. The number of fused-ring (bicyclic) bond motifs is 1. The molecule has 0 aliphatic carbocycles. The number of benzene rings is 1. The summed E-state index contributed by atoms with van der Waals surface area (Å²) in [5, 5.41) is 15.6. The molecular formula is C20H18FN7O3S. The number of hydrogen-bond donors (Lipinski definition) is 2. The molecule has 0 spiro atoms. The largest absolute Gasteiger partial charge is 0.492 e. The summed E-state index contributed by atoms with van der Waals surface area (Å²) in [6, 6.07) is 9.79. The van der Waals surface area contributed by atoms with Crippen LogP contribution in [0.4, 0.5) is 15.9 Å². The first kappa shape index (κ1) is 20.1. The highest BCUT2D eigenvalue weighted by Crippen LogP contribution is 2.37. The molecule has 1 saturated heterocycles. The van der Waals surface area contributed by atoms with E-state index < -0.39 is 15.9 Å². The maximum absolute atomic E-state index is 14.2. The van der Waals surface area contributed by atoms with Crippen molar-refractivity contribution in [2.75, 3.05) is 22.3 Å². The Balaban J connectivity index is 1.62. The summed E-state index contributed by atoms with van der Waals surface area (Å²) < 4.78 is 41.2. The molecule has 4 heterocycles. The molecule has 1 aliphatic heterocycles. The number of pyridine rings is 1. The van der Waals surface area contributed by atoms with Crippen molar-refractivity contribution in [3.63, 3.8) is 0 Å². The molecule has 3 N–H and O–H groups in total. The van der Waals surface area contributed by atoms with Gasteiger partial charge in [-0.05, 0) is 24.6 Å². The van der Waals surface area contributed by atoms with E-state index >= 15 is 0 Å². The molecule has 0 atom stereocenters. The number of sulfonamides is 1. The maximum atomic E-state index is 14.2. The highest BCUT2D eigenvalue weighted by molar-refractivity contribution is 7.93. The minimum atomic E-state index is -3.58. The van der Waals surface area contributed by atoms with Crippen molar-refractivity contribution in [2.45, 2.75) is 13.0 Å². The number of nitrogens with zero attached hydrogens (tertiary/aromatic N) is 6. The molecule has 3 aromatic heterocycles. The summed E-state index contributed by atoms with van der Waals surface area (Å²) in [7, 11) is -3.58. The zero-order valence-electron chi connectivity index (χ0n) is 16.7. The molecule has 12 heteroatoms. The van der Waals surface area contributed by atoms with Gasteiger partial charge in [0.2, 0.25) is 15.9 Å². The van der Waals surface area contributed by atoms with Crippen LogP contribution in [0.25, 0.3) is 22.6 Å². The molecular weight excluding hydrogens is 437 g/mol. The van der Waals surface area contributed by atoms with Gasteiger partial charge in [0, 0.05) is 18.3 Å². The van der Waals surface area contributed by atoms with Gasteiger partial charge in [-0.1, -0.05) is 18.2 Å². The molecule has 1 fully saturated rings. The van der Waals surface area contributed by atoms with E-state index in [1.807, 2.05) is 0 Å². The lowest BCUT2D eigenvalue weighted by molar-refractivity contribution is 0.454. The van der Waals surface area contributed by atoms with Crippen LogP contribution in [0.2, 0.25) is 0 Å². The quantitative estimate of drug-likeness (QED) is 0.475. The number of nitrogen functional groups attached to an aromatic ring is 1. The molecule has 4 aromatic rings. The minimum absolute atomic E-state index is 0.00521. The van der Waals surface area contributed by atoms with Crippen LogP contribution < -0.4 is 10.0 Å². The summed E-state index contributed by atoms with van der Waals surface area (Å²) in [4.78, 5) is 12.6. The van der Waals surface area contributed by atoms with E-state index in [1.165, 1.54) is 10.7 Å². The Labute approximate surface area is 182 Å². The van der Waals surface area contributed by atoms with E-state index in [0.717, 1.165) is 4.31 Å². The van der Waals surface area contributed by atoms with E-state index in [4.69, 9.17) is 5.73 Å². The number of hydrogen-bond acceptors (Lipinski definition) is 8. The molecule has 1 aliphatic rings. The fourth-order valence-corrected chi connectivity index (χ4v) is 5.34. The van der Waals surface area contributed by atoms with Crippen LogP contribution in [0.3, 0.4) is 0 Å². The molecule has 0 saturated carbocycles. The minimum Gasteiger partial charge on any atom is -0.492 e. The SMILES string of the molecule is Nc1nc(-c2nn(Cc3ccccc3F)c3ncccc23)nc(O)c1N1CCCS1(=O)=O. The molecule has 0 amide bonds. The van der Waals surface area contributed by atoms with Gasteiger partial charge in [-0.15, -0.1) is 0 Å². The van der Waals surface area contributed by atoms with Gasteiger partial charge < -0.3 is 10.8 Å². The van der Waals surface area contributed by atoms with Gasteiger partial charge in [0.15, 0.2) is 23.0 Å². The lowest BCUT2D eigenvalue weighted by atomic mass is 10.2. The van der Waals surface area contributed by atoms with Crippen molar-refractivity contribution in [1.82, 2.24) is 24.7 Å². The second-order valence-electron chi connectivity index (χ2n) is 7.32. The fourth-order valence-electron chi connectivity index (χ4n) is 3.77. The van der Waals surface area contributed by atoms with Crippen molar-refractivity contribution >= 4 is 32.6 Å². The van der Waals surface area contributed by atoms with Gasteiger partial charge >= 0.3 is 0 Å². The van der Waals surface area contributed by atoms with Crippen LogP contribution in [0.5, 0.6) is 5.88 Å². The fraction of sp³-hybridized carbons (Fsp3) is 0.200. The smallest absolute Gasteiger partial charge is 0.242 e. The molecule has 0 bridgehead atoms. The van der Waals surface area contributed by atoms with Gasteiger partial charge in [-0.3, -0.25) is 4.31 Å². The highest BCUT2D eigenvalue weighted by atomic mass is 32.2. The van der Waals surface area contributed by atoms with Crippen molar-refractivity contribution in [3.8, 4) is 17.4 Å². The summed E-state index contributed by atoms with van der Waals surface area (Å²) >= 11 is 0. The van der Waals surface area contributed by atoms with Gasteiger partial charge in [-0.2, -0.15) is 10.1 Å². The third-order valence-corrected chi connectivity index (χ3v) is 7.08. The summed E-state index contributed by atoms with van der Waals surface area (Å²) in [5.41, 5.74) is 7.07. The molecule has 1 aromatic carbocycles. The molecule has 10 nitrogen and oxygen atoms in total. The predicted molar refractivity (Wildman–Crippen MR) is 116 cm³/mol. The van der Waals surface area contributed by atoms with E-state index in [1.54, 1.807) is 36.5 Å². The molecule has 0 radical (unpaired) electrons. The van der Waals surface area contributed by atoms with Crippen LogP contribution >= 0.6 is 0 Å². The molecule has 164 valence electrons. The van der Waals surface area contributed by atoms with Crippen LogP contribution in [0, 0.1) is 5.82 Å². The second-order valence-corrected chi connectivity index (χ2v) is 9.33. The summed E-state index contributed by atoms with van der Waals surface area (Å²) in [5.74, 6) is -1.14. The van der Waals surface area contributed by atoms with Crippen LogP contribution in [0.1, 0.15) is 12.0 Å². The first-order valence-electron chi connectivity index (χ1n) is 9.77. The Morgan fingerprint density at radius 3 is 2.69 bits per heavy atom. The standard InChI is InChI=1S/C20H18FN7O3S/c21-14-7-2-1-5-12(14)11-27-19-13(6-3-8-23-19)15(26-27)18-24-17(22)16(20(29)25-18)28-9-4-10-32(28,30)31/h1-3,5-8H,4,9-11H2,(H3,22,24,25,29). The zero-order valence-corrected chi connectivity index (χ0v) is 17.5. The van der Waals surface area contributed by atoms with Crippen LogP contribution in [-0.4, -0.2) is 50.6 Å². The number of rotatable bonds is 4. The third kappa shape index (κ3) is 3.28. The van der Waals surface area contributed by atoms with E-state index in [0.29, 0.717) is 23.0 Å². The van der Waals surface area contributed by atoms with Crippen molar-refractivity contribution in [2.24, 2.45) is 0 Å². The van der Waals surface area contributed by atoms with Gasteiger partial charge in [0.25, 0.3) is 0 Å². The average Bonchev–Trinajstić information content (AvgIpc) is 3.29. The Morgan fingerprint density at radius 1 is 1.16 bits per heavy atom. The van der Waals surface area contributed by atoms with E-state index in [9.17, 15) is 17.9 Å². The maximum Gasteiger partial charge on any atom is 0.242 e. The number of aromatic nitrogens is 5. The number of anilines is 2. The Hall–Kier alpha value is -3.80. The van der Waals surface area contributed by atoms with Gasteiger partial charge in [-0.25, -0.2) is 27.5 Å². The highest BCUT2D eigenvalue weighted by Gasteiger charge is 2.33. The van der Waals surface area contributed by atoms with Crippen LogP contribution in [-0.2, 0) is 16.6 Å². The van der Waals surface area contributed by atoms with E-state index in [2.05, 4.69) is 20.1 Å². The zero-order chi connectivity index (χ0) is 22.5. The summed E-state index contributed by atoms with van der Waals surface area (Å²) in [6.07, 6.45) is 2.00. The lowest BCUT2D eigenvalue weighted by Gasteiger charge is -2.19. The Kier molecular flexibility index (Phi) is 4.66. The summed E-state index contributed by atoms with van der Waals surface area (Å²) in [6.45, 7) is 0.304. The lowest BCUT2D eigenvalue weighted by Crippen LogP contribution is -2.26.